The first-order chi connectivity index (χ1) is 31.1. The summed E-state index contributed by atoms with van der Waals surface area (Å²) in [5, 5.41) is 0. The molecule has 1 spiro atoms. The topological polar surface area (TPSA) is 60.8 Å². The van der Waals surface area contributed by atoms with Gasteiger partial charge in [-0.2, -0.15) is 0 Å². The zero-order valence-corrected chi connectivity index (χ0v) is 34.4. The summed E-state index contributed by atoms with van der Waals surface area (Å²) in [6.45, 7) is 2.08. The van der Waals surface area contributed by atoms with Crippen LogP contribution in [0, 0.1) is 6.92 Å². The van der Waals surface area contributed by atoms with Gasteiger partial charge in [-0.3, -0.25) is 4.98 Å². The SMILES string of the molecule is Cc1cncc(-c2cccc(-c3cc4c(cc3-c3nc(-c5ccccc5)nc(-c5cccc(-c6ccccc6)c5)n3)-c3ccccc3C43c4ccccc4Oc4ccccc43)c2)c1. The summed E-state index contributed by atoms with van der Waals surface area (Å²) < 4.78 is 6.69. The van der Waals surface area contributed by atoms with Crippen LogP contribution in [-0.2, 0) is 5.41 Å². The molecular formula is C58H38N4O. The second kappa shape index (κ2) is 14.7. The highest BCUT2D eigenvalue weighted by atomic mass is 16.5. The van der Waals surface area contributed by atoms with E-state index in [0.29, 0.717) is 17.5 Å². The van der Waals surface area contributed by atoms with Gasteiger partial charge in [-0.25, -0.2) is 15.0 Å². The van der Waals surface area contributed by atoms with E-state index in [0.717, 1.165) is 83.8 Å². The zero-order chi connectivity index (χ0) is 41.9. The van der Waals surface area contributed by atoms with Gasteiger partial charge in [0.15, 0.2) is 17.5 Å². The quantitative estimate of drug-likeness (QED) is 0.167. The molecule has 0 saturated heterocycles. The molecule has 12 rings (SSSR count). The first-order valence-electron chi connectivity index (χ1n) is 21.3. The third kappa shape index (κ3) is 6.00. The van der Waals surface area contributed by atoms with Crippen molar-refractivity contribution in [2.24, 2.45) is 0 Å². The van der Waals surface area contributed by atoms with Crippen molar-refractivity contribution in [2.45, 2.75) is 12.3 Å². The highest BCUT2D eigenvalue weighted by Crippen LogP contribution is 2.63. The van der Waals surface area contributed by atoms with Crippen molar-refractivity contribution in [3.8, 4) is 90.2 Å². The number of pyridine rings is 1. The van der Waals surface area contributed by atoms with E-state index in [2.05, 4.69) is 188 Å². The second-order valence-electron chi connectivity index (χ2n) is 16.3. The van der Waals surface area contributed by atoms with E-state index >= 15 is 0 Å². The van der Waals surface area contributed by atoms with E-state index in [-0.39, 0.29) is 0 Å². The van der Waals surface area contributed by atoms with Gasteiger partial charge < -0.3 is 4.74 Å². The molecule has 5 nitrogen and oxygen atoms in total. The van der Waals surface area contributed by atoms with E-state index in [1.807, 2.05) is 36.7 Å². The summed E-state index contributed by atoms with van der Waals surface area (Å²) in [7, 11) is 0. The first kappa shape index (κ1) is 36.6. The molecule has 1 aliphatic carbocycles. The summed E-state index contributed by atoms with van der Waals surface area (Å²) in [5.74, 6) is 3.51. The van der Waals surface area contributed by atoms with Crippen LogP contribution in [0.25, 0.3) is 78.7 Å². The van der Waals surface area contributed by atoms with E-state index in [1.165, 1.54) is 16.7 Å². The summed E-state index contributed by atoms with van der Waals surface area (Å²) in [6, 6.07) is 70.6. The van der Waals surface area contributed by atoms with Crippen molar-refractivity contribution < 1.29 is 4.74 Å². The van der Waals surface area contributed by atoms with Crippen molar-refractivity contribution in [1.82, 2.24) is 19.9 Å². The number of para-hydroxylation sites is 2. The molecule has 0 atom stereocenters. The Bertz CT molecular complexity index is 3350. The van der Waals surface area contributed by atoms with Crippen LogP contribution in [0.1, 0.15) is 27.8 Å². The van der Waals surface area contributed by atoms with E-state index < -0.39 is 5.41 Å². The number of aryl methyl sites for hydroxylation is 1. The highest BCUT2D eigenvalue weighted by Gasteiger charge is 2.51. The maximum absolute atomic E-state index is 6.69. The minimum atomic E-state index is -0.653. The highest BCUT2D eigenvalue weighted by molar-refractivity contribution is 5.95. The molecule has 0 saturated carbocycles. The lowest BCUT2D eigenvalue weighted by Crippen LogP contribution is -2.32. The molecule has 2 aromatic heterocycles. The first-order valence-corrected chi connectivity index (χ1v) is 21.3. The number of ether oxygens (including phenoxy) is 1. The summed E-state index contributed by atoms with van der Waals surface area (Å²) >= 11 is 0. The van der Waals surface area contributed by atoms with Crippen LogP contribution in [-0.4, -0.2) is 19.9 Å². The maximum Gasteiger partial charge on any atom is 0.164 e. The molecule has 63 heavy (non-hydrogen) atoms. The zero-order valence-electron chi connectivity index (χ0n) is 34.4. The Morgan fingerprint density at radius 2 is 0.873 bits per heavy atom. The normalized spacial score (nSPS) is 12.8. The molecular weight excluding hydrogens is 769 g/mol. The molecule has 3 heterocycles. The molecule has 0 amide bonds. The lowest BCUT2D eigenvalue weighted by molar-refractivity contribution is 0.436. The Labute approximate surface area is 366 Å². The van der Waals surface area contributed by atoms with Gasteiger partial charge >= 0.3 is 0 Å². The van der Waals surface area contributed by atoms with Crippen LogP contribution >= 0.6 is 0 Å². The Morgan fingerprint density at radius 3 is 1.59 bits per heavy atom. The molecule has 0 unspecified atom stereocenters. The Hall–Kier alpha value is -8.28. The second-order valence-corrected chi connectivity index (χ2v) is 16.3. The number of hydrogen-bond donors (Lipinski definition) is 0. The predicted octanol–water partition coefficient (Wildman–Crippen LogP) is 14.0. The van der Waals surface area contributed by atoms with Crippen LogP contribution in [0.15, 0.2) is 213 Å². The molecule has 10 aromatic rings. The molecule has 2 aliphatic rings. The number of benzene rings is 8. The van der Waals surface area contributed by atoms with Crippen LogP contribution in [0.4, 0.5) is 0 Å². The smallest absolute Gasteiger partial charge is 0.164 e. The predicted molar refractivity (Wildman–Crippen MR) is 252 cm³/mol. The number of aromatic nitrogens is 4. The lowest BCUT2D eigenvalue weighted by atomic mass is 9.65. The molecule has 296 valence electrons. The Morgan fingerprint density at radius 1 is 0.333 bits per heavy atom. The fraction of sp³-hybridized carbons (Fsp3) is 0.0345. The Kier molecular flexibility index (Phi) is 8.54. The van der Waals surface area contributed by atoms with Crippen LogP contribution in [0.3, 0.4) is 0 Å². The number of nitrogens with zero attached hydrogens (tertiary/aromatic N) is 4. The molecule has 0 fully saturated rings. The fourth-order valence-corrected chi connectivity index (χ4v) is 9.71. The van der Waals surface area contributed by atoms with Crippen molar-refractivity contribution in [1.29, 1.82) is 0 Å². The number of rotatable bonds is 6. The van der Waals surface area contributed by atoms with Gasteiger partial charge in [0, 0.05) is 45.8 Å². The van der Waals surface area contributed by atoms with E-state index in [1.54, 1.807) is 0 Å². The fourth-order valence-electron chi connectivity index (χ4n) is 9.71. The van der Waals surface area contributed by atoms with Crippen molar-refractivity contribution in [2.75, 3.05) is 0 Å². The molecule has 8 aromatic carbocycles. The third-order valence-corrected chi connectivity index (χ3v) is 12.5. The van der Waals surface area contributed by atoms with Gasteiger partial charge in [0.25, 0.3) is 0 Å². The van der Waals surface area contributed by atoms with Crippen molar-refractivity contribution >= 4 is 0 Å². The Balaban J connectivity index is 1.17. The summed E-state index contributed by atoms with van der Waals surface area (Å²) in [6.07, 6.45) is 3.83. The summed E-state index contributed by atoms with van der Waals surface area (Å²) in [4.78, 5) is 20.5. The maximum atomic E-state index is 6.69. The standard InChI is InChI=1S/C58H38N4O/c1-37-30-44(36-59-35-37)41-21-14-22-42(31-41)46-34-52-47(45-24-8-9-25-49(45)58(52)50-26-10-12-28-53(50)63-54-29-13-11-27-51(54)58)33-48(46)57-61-55(39-18-6-3-7-19-39)60-56(62-57)43-23-15-20-40(32-43)38-16-4-2-5-17-38/h2-36H,1H3. The molecule has 0 radical (unpaired) electrons. The lowest BCUT2D eigenvalue weighted by Gasteiger charge is -2.39. The number of fused-ring (bicyclic) bond motifs is 9. The van der Waals surface area contributed by atoms with Crippen molar-refractivity contribution in [3.63, 3.8) is 0 Å². The van der Waals surface area contributed by atoms with Crippen LogP contribution in [0.5, 0.6) is 11.5 Å². The summed E-state index contributed by atoms with van der Waals surface area (Å²) in [5.41, 5.74) is 16.5. The monoisotopic (exact) mass is 806 g/mol. The van der Waals surface area contributed by atoms with Gasteiger partial charge in [0.1, 0.15) is 11.5 Å². The molecule has 0 N–H and O–H groups in total. The average Bonchev–Trinajstić information content (AvgIpc) is 3.63. The number of hydrogen-bond acceptors (Lipinski definition) is 5. The van der Waals surface area contributed by atoms with Gasteiger partial charge in [0.05, 0.1) is 5.41 Å². The largest absolute Gasteiger partial charge is 0.457 e. The van der Waals surface area contributed by atoms with Crippen LogP contribution in [0.2, 0.25) is 0 Å². The van der Waals surface area contributed by atoms with Gasteiger partial charge in [0.2, 0.25) is 0 Å². The molecule has 1 aliphatic heterocycles. The van der Waals surface area contributed by atoms with Crippen molar-refractivity contribution in [3.05, 3.63) is 240 Å². The minimum Gasteiger partial charge on any atom is -0.457 e. The molecule has 0 bridgehead atoms. The van der Waals surface area contributed by atoms with Gasteiger partial charge in [-0.15, -0.1) is 0 Å². The van der Waals surface area contributed by atoms with E-state index in [9.17, 15) is 0 Å². The minimum absolute atomic E-state index is 0.593. The molecule has 5 heteroatoms. The average molecular weight is 807 g/mol. The van der Waals surface area contributed by atoms with Gasteiger partial charge in [-0.1, -0.05) is 158 Å². The van der Waals surface area contributed by atoms with E-state index in [4.69, 9.17) is 19.7 Å². The van der Waals surface area contributed by atoms with Gasteiger partial charge in [-0.05, 0) is 105 Å². The van der Waals surface area contributed by atoms with Crippen LogP contribution < -0.4 is 4.74 Å². The third-order valence-electron chi connectivity index (χ3n) is 12.5.